The second kappa shape index (κ2) is 7.24. The first-order chi connectivity index (χ1) is 12.9. The average Bonchev–Trinajstić information content (AvgIpc) is 3.16. The minimum atomic E-state index is -0.722. The molecule has 138 valence electrons. The van der Waals surface area contributed by atoms with Gasteiger partial charge in [0.2, 0.25) is 0 Å². The van der Waals surface area contributed by atoms with Crippen LogP contribution in [0.3, 0.4) is 0 Å². The third-order valence-corrected chi connectivity index (χ3v) is 4.18. The smallest absolute Gasteiger partial charge is 0.284 e. The maximum Gasteiger partial charge on any atom is 0.284 e. The number of rotatable bonds is 5. The number of carbonyl (C=O) groups excluding carboxylic acids is 1. The minimum absolute atomic E-state index is 0.0214. The fraction of sp³-hybridized carbons (Fsp3) is 0.167. The quantitative estimate of drug-likeness (QED) is 0.359. The van der Waals surface area contributed by atoms with Crippen molar-refractivity contribution in [2.45, 2.75) is 6.92 Å². The number of nitro benzene ring substituents is 2. The van der Waals surface area contributed by atoms with Crippen molar-refractivity contribution < 1.29 is 14.6 Å². The van der Waals surface area contributed by atoms with Crippen molar-refractivity contribution in [3.05, 3.63) is 85.2 Å². The molecule has 3 rings (SSSR count). The zero-order valence-electron chi connectivity index (χ0n) is 14.4. The highest BCUT2D eigenvalue weighted by Gasteiger charge is 2.29. The predicted molar refractivity (Wildman–Crippen MR) is 98.2 cm³/mol. The molecular formula is C18H16N4O5. The number of allylic oxidation sites excluding steroid dienone is 1. The standard InChI is InChI=1S/C18H16N4O5/c1-11-2-4-12(5-3-11)17(23)16(18-19-8-9-20-18)14-7-6-13(21(24)25)10-15(14)22(26)27/h2-7,10,19-20H,8-9H2,1H3. The van der Waals surface area contributed by atoms with Crippen LogP contribution in [-0.2, 0) is 0 Å². The van der Waals surface area contributed by atoms with Crippen LogP contribution < -0.4 is 10.6 Å². The number of ketones is 1. The van der Waals surface area contributed by atoms with E-state index in [1.165, 1.54) is 6.07 Å². The summed E-state index contributed by atoms with van der Waals surface area (Å²) in [7, 11) is 0. The van der Waals surface area contributed by atoms with Crippen molar-refractivity contribution in [2.24, 2.45) is 0 Å². The molecule has 0 spiro atoms. The summed E-state index contributed by atoms with van der Waals surface area (Å²) in [6, 6.07) is 10.1. The zero-order valence-corrected chi connectivity index (χ0v) is 14.4. The summed E-state index contributed by atoms with van der Waals surface area (Å²) < 4.78 is 0. The van der Waals surface area contributed by atoms with Gasteiger partial charge in [-0.3, -0.25) is 25.0 Å². The first-order valence-corrected chi connectivity index (χ1v) is 8.15. The summed E-state index contributed by atoms with van der Waals surface area (Å²) in [5.41, 5.74) is 0.532. The van der Waals surface area contributed by atoms with Crippen LogP contribution in [0.1, 0.15) is 21.5 Å². The van der Waals surface area contributed by atoms with E-state index in [2.05, 4.69) is 10.6 Å². The van der Waals surface area contributed by atoms with Gasteiger partial charge in [-0.25, -0.2) is 0 Å². The molecule has 0 amide bonds. The molecule has 0 aliphatic carbocycles. The Morgan fingerprint density at radius 3 is 2.15 bits per heavy atom. The van der Waals surface area contributed by atoms with Crippen LogP contribution >= 0.6 is 0 Å². The van der Waals surface area contributed by atoms with Crippen LogP contribution in [0.25, 0.3) is 5.57 Å². The molecule has 1 saturated heterocycles. The van der Waals surface area contributed by atoms with Gasteiger partial charge >= 0.3 is 0 Å². The van der Waals surface area contributed by atoms with Gasteiger partial charge in [0.15, 0.2) is 5.78 Å². The second-order valence-electron chi connectivity index (χ2n) is 6.01. The Hall–Kier alpha value is -3.75. The van der Waals surface area contributed by atoms with Gasteiger partial charge in [0.05, 0.1) is 27.0 Å². The lowest BCUT2D eigenvalue weighted by Gasteiger charge is -2.12. The molecule has 2 aromatic carbocycles. The lowest BCUT2D eigenvalue weighted by Crippen LogP contribution is -2.18. The Kier molecular flexibility index (Phi) is 4.84. The van der Waals surface area contributed by atoms with Gasteiger partial charge in [-0.15, -0.1) is 0 Å². The molecule has 0 radical (unpaired) electrons. The van der Waals surface area contributed by atoms with Gasteiger partial charge in [-0.2, -0.15) is 0 Å². The number of nitrogens with zero attached hydrogens (tertiary/aromatic N) is 2. The largest absolute Gasteiger partial charge is 0.370 e. The van der Waals surface area contributed by atoms with Crippen LogP contribution in [0.5, 0.6) is 0 Å². The van der Waals surface area contributed by atoms with E-state index in [0.717, 1.165) is 17.7 Å². The highest BCUT2D eigenvalue weighted by atomic mass is 16.6. The van der Waals surface area contributed by atoms with E-state index >= 15 is 0 Å². The van der Waals surface area contributed by atoms with Crippen molar-refractivity contribution in [1.82, 2.24) is 10.6 Å². The Labute approximate surface area is 154 Å². The number of carbonyl (C=O) groups is 1. The summed E-state index contributed by atoms with van der Waals surface area (Å²) in [5.74, 6) is -0.0404. The third kappa shape index (κ3) is 3.61. The van der Waals surface area contributed by atoms with E-state index in [0.29, 0.717) is 24.5 Å². The van der Waals surface area contributed by atoms with Crippen LogP contribution in [0, 0.1) is 27.2 Å². The Bertz CT molecular complexity index is 958. The first kappa shape index (κ1) is 18.1. The highest BCUT2D eigenvalue weighted by molar-refractivity contribution is 6.30. The number of Topliss-reactive ketones (excluding diaryl/α,β-unsaturated/α-hetero) is 1. The van der Waals surface area contributed by atoms with Gasteiger partial charge < -0.3 is 10.6 Å². The summed E-state index contributed by atoms with van der Waals surface area (Å²) in [6.45, 7) is 3.00. The predicted octanol–water partition coefficient (Wildman–Crippen LogP) is 2.56. The number of nitrogens with one attached hydrogen (secondary N) is 2. The molecule has 2 aromatic rings. The zero-order chi connectivity index (χ0) is 19.6. The van der Waals surface area contributed by atoms with Gasteiger partial charge in [0, 0.05) is 24.7 Å². The molecule has 1 heterocycles. The Morgan fingerprint density at radius 1 is 0.963 bits per heavy atom. The minimum Gasteiger partial charge on any atom is -0.370 e. The summed E-state index contributed by atoms with van der Waals surface area (Å²) in [5, 5.41) is 28.5. The lowest BCUT2D eigenvalue weighted by molar-refractivity contribution is -0.394. The molecule has 9 nitrogen and oxygen atoms in total. The SMILES string of the molecule is Cc1ccc(C(=O)C(=C2NCCN2)c2ccc([N+](=O)[O-])cc2[N+](=O)[O-])cc1. The lowest BCUT2D eigenvalue weighted by atomic mass is 9.94. The van der Waals surface area contributed by atoms with Crippen molar-refractivity contribution in [3.63, 3.8) is 0 Å². The molecular weight excluding hydrogens is 352 g/mol. The topological polar surface area (TPSA) is 127 Å². The Morgan fingerprint density at radius 2 is 1.59 bits per heavy atom. The van der Waals surface area contributed by atoms with Gasteiger partial charge in [0.1, 0.15) is 5.82 Å². The van der Waals surface area contributed by atoms with E-state index in [1.807, 2.05) is 6.92 Å². The van der Waals surface area contributed by atoms with E-state index in [4.69, 9.17) is 0 Å². The molecule has 0 bridgehead atoms. The average molecular weight is 368 g/mol. The summed E-state index contributed by atoms with van der Waals surface area (Å²) >= 11 is 0. The number of nitro groups is 2. The molecule has 2 N–H and O–H groups in total. The second-order valence-corrected chi connectivity index (χ2v) is 6.01. The molecule has 0 unspecified atom stereocenters. The van der Waals surface area contributed by atoms with Crippen molar-refractivity contribution >= 4 is 22.7 Å². The number of hydrogen-bond donors (Lipinski definition) is 2. The maximum atomic E-state index is 13.1. The molecule has 1 fully saturated rings. The molecule has 0 aromatic heterocycles. The molecule has 1 aliphatic rings. The number of non-ortho nitro benzene ring substituents is 1. The van der Waals surface area contributed by atoms with E-state index < -0.39 is 27.0 Å². The molecule has 1 aliphatic heterocycles. The van der Waals surface area contributed by atoms with Crippen molar-refractivity contribution in [2.75, 3.05) is 13.1 Å². The third-order valence-electron chi connectivity index (χ3n) is 4.18. The van der Waals surface area contributed by atoms with Crippen molar-refractivity contribution in [3.8, 4) is 0 Å². The monoisotopic (exact) mass is 368 g/mol. The van der Waals surface area contributed by atoms with Gasteiger partial charge in [-0.05, 0) is 13.0 Å². The molecule has 27 heavy (non-hydrogen) atoms. The van der Waals surface area contributed by atoms with E-state index in [1.54, 1.807) is 24.3 Å². The van der Waals surface area contributed by atoms with Gasteiger partial charge in [-0.1, -0.05) is 29.8 Å². The highest BCUT2D eigenvalue weighted by Crippen LogP contribution is 2.33. The summed E-state index contributed by atoms with van der Waals surface area (Å²) in [4.78, 5) is 34.2. The molecule has 0 atom stereocenters. The van der Waals surface area contributed by atoms with Crippen LogP contribution in [0.4, 0.5) is 11.4 Å². The van der Waals surface area contributed by atoms with E-state index in [-0.39, 0.29) is 11.1 Å². The van der Waals surface area contributed by atoms with Crippen LogP contribution in [-0.4, -0.2) is 28.7 Å². The molecule has 0 saturated carbocycles. The first-order valence-electron chi connectivity index (χ1n) is 8.15. The number of benzene rings is 2. The van der Waals surface area contributed by atoms with Crippen LogP contribution in [0.15, 0.2) is 48.3 Å². The van der Waals surface area contributed by atoms with Gasteiger partial charge in [0.25, 0.3) is 11.4 Å². The molecule has 9 heteroatoms. The summed E-state index contributed by atoms with van der Waals surface area (Å²) in [6.07, 6.45) is 0. The fourth-order valence-corrected chi connectivity index (χ4v) is 2.83. The van der Waals surface area contributed by atoms with Crippen molar-refractivity contribution in [1.29, 1.82) is 0 Å². The normalized spacial score (nSPS) is 12.9. The van der Waals surface area contributed by atoms with Crippen LogP contribution in [0.2, 0.25) is 0 Å². The number of hydrogen-bond acceptors (Lipinski definition) is 7. The fourth-order valence-electron chi connectivity index (χ4n) is 2.83. The number of aryl methyl sites for hydroxylation is 1. The van der Waals surface area contributed by atoms with E-state index in [9.17, 15) is 25.0 Å². The Balaban J connectivity index is 2.19. The maximum absolute atomic E-state index is 13.1.